The Balaban J connectivity index is 1.85. The van der Waals surface area contributed by atoms with Crippen molar-refractivity contribution in [3.63, 3.8) is 0 Å². The highest BCUT2D eigenvalue weighted by atomic mass is 32.1. The minimum absolute atomic E-state index is 0.0139. The molecule has 208 valence electrons. The molecule has 2 aliphatic heterocycles. The molecule has 38 heavy (non-hydrogen) atoms. The topological polar surface area (TPSA) is 135 Å². The van der Waals surface area contributed by atoms with Crippen LogP contribution in [0.4, 0.5) is 0 Å². The average molecular weight is 545 g/mol. The summed E-state index contributed by atoms with van der Waals surface area (Å²) >= 11 is 1.35. The first-order valence-corrected chi connectivity index (χ1v) is 14.1. The number of aliphatic hydroxyl groups is 1. The zero-order chi connectivity index (χ0) is 27.8. The highest BCUT2D eigenvalue weighted by Gasteiger charge is 2.38. The summed E-state index contributed by atoms with van der Waals surface area (Å²) < 4.78 is 5.93. The highest BCUT2D eigenvalue weighted by Crippen LogP contribution is 2.26. The van der Waals surface area contributed by atoms with Crippen LogP contribution < -0.4 is 11.1 Å². The van der Waals surface area contributed by atoms with Gasteiger partial charge in [0, 0.05) is 36.9 Å². The largest absolute Gasteiger partial charge is 0.460 e. The molecule has 3 heterocycles. The highest BCUT2D eigenvalue weighted by molar-refractivity contribution is 7.09. The minimum Gasteiger partial charge on any atom is -0.460 e. The van der Waals surface area contributed by atoms with Crippen LogP contribution >= 0.6 is 11.3 Å². The Morgan fingerprint density at radius 2 is 2.03 bits per heavy atom. The van der Waals surface area contributed by atoms with Crippen molar-refractivity contribution in [2.24, 2.45) is 17.6 Å². The van der Waals surface area contributed by atoms with E-state index in [1.807, 2.05) is 39.8 Å². The van der Waals surface area contributed by atoms with Crippen molar-refractivity contribution in [2.45, 2.75) is 77.7 Å². The zero-order valence-electron chi connectivity index (χ0n) is 22.6. The molecule has 1 aromatic rings. The Morgan fingerprint density at radius 3 is 2.76 bits per heavy atom. The molecule has 2 aliphatic rings. The van der Waals surface area contributed by atoms with E-state index in [-0.39, 0.29) is 29.7 Å². The lowest BCUT2D eigenvalue weighted by atomic mass is 9.94. The molecule has 0 spiro atoms. The molecule has 0 aliphatic carbocycles. The number of carbonyl (C=O) groups excluding carboxylic acids is 3. The first-order valence-electron chi connectivity index (χ1n) is 13.3. The monoisotopic (exact) mass is 544 g/mol. The molecule has 4 N–H and O–H groups in total. The molecule has 5 atom stereocenters. The number of cyclic esters (lactones) is 1. The van der Waals surface area contributed by atoms with Crippen LogP contribution in [0.15, 0.2) is 41.3 Å². The summed E-state index contributed by atoms with van der Waals surface area (Å²) in [6.07, 6.45) is 9.38. The van der Waals surface area contributed by atoms with Crippen LogP contribution in [0.2, 0.25) is 0 Å². The fourth-order valence-corrected chi connectivity index (χ4v) is 5.69. The van der Waals surface area contributed by atoms with Gasteiger partial charge in [0.25, 0.3) is 5.91 Å². The summed E-state index contributed by atoms with van der Waals surface area (Å²) in [5, 5.41) is 15.6. The first-order chi connectivity index (χ1) is 18.0. The number of allylic oxidation sites excluding steroid dienone is 2. The first kappa shape index (κ1) is 29.7. The van der Waals surface area contributed by atoms with Crippen molar-refractivity contribution in [1.82, 2.24) is 15.2 Å². The molecular formula is C28H40N4O5S. The van der Waals surface area contributed by atoms with Crippen molar-refractivity contribution in [1.29, 1.82) is 0 Å². The number of fused-ring (bicyclic) bond motifs is 3. The van der Waals surface area contributed by atoms with Gasteiger partial charge < -0.3 is 25.8 Å². The summed E-state index contributed by atoms with van der Waals surface area (Å²) in [6, 6.07) is -1.02. The molecule has 0 saturated carbocycles. The Hall–Kier alpha value is -2.82. The van der Waals surface area contributed by atoms with Gasteiger partial charge in [-0.25, -0.2) is 9.78 Å². The van der Waals surface area contributed by atoms with E-state index in [4.69, 9.17) is 10.5 Å². The predicted molar refractivity (Wildman–Crippen MR) is 147 cm³/mol. The third kappa shape index (κ3) is 8.34. The number of esters is 1. The molecule has 1 saturated heterocycles. The molecule has 0 radical (unpaired) electrons. The minimum atomic E-state index is -0.735. The van der Waals surface area contributed by atoms with Gasteiger partial charge in [-0.1, -0.05) is 50.6 Å². The second-order valence-corrected chi connectivity index (χ2v) is 11.4. The number of aromatic nitrogens is 1. The summed E-state index contributed by atoms with van der Waals surface area (Å²) in [6.45, 7) is 8.49. The van der Waals surface area contributed by atoms with Gasteiger partial charge in [0.05, 0.1) is 11.1 Å². The number of hydrogen-bond donors (Lipinski definition) is 3. The van der Waals surface area contributed by atoms with Gasteiger partial charge in [0.15, 0.2) is 0 Å². The Kier molecular flexibility index (Phi) is 10.8. The van der Waals surface area contributed by atoms with Crippen LogP contribution in [0.3, 0.4) is 0 Å². The van der Waals surface area contributed by atoms with Crippen molar-refractivity contribution in [3.05, 3.63) is 52.0 Å². The number of aliphatic hydroxyl groups excluding tert-OH is 1. The fourth-order valence-electron chi connectivity index (χ4n) is 4.82. The molecule has 1 fully saturated rings. The second kappa shape index (κ2) is 13.8. The Labute approximate surface area is 228 Å². The van der Waals surface area contributed by atoms with Crippen molar-refractivity contribution >= 4 is 29.1 Å². The molecule has 1 aromatic heterocycles. The third-order valence-electron chi connectivity index (χ3n) is 6.75. The van der Waals surface area contributed by atoms with Gasteiger partial charge in [-0.15, -0.1) is 11.3 Å². The van der Waals surface area contributed by atoms with Crippen LogP contribution in [-0.2, 0) is 20.7 Å². The van der Waals surface area contributed by atoms with E-state index in [0.29, 0.717) is 49.5 Å². The van der Waals surface area contributed by atoms with Gasteiger partial charge >= 0.3 is 5.97 Å². The second-order valence-electron chi connectivity index (χ2n) is 10.5. The van der Waals surface area contributed by atoms with E-state index in [9.17, 15) is 19.5 Å². The van der Waals surface area contributed by atoms with Gasteiger partial charge in [-0.3, -0.25) is 9.59 Å². The maximum atomic E-state index is 13.3. The maximum absolute atomic E-state index is 13.3. The van der Waals surface area contributed by atoms with Crippen LogP contribution in [0.25, 0.3) is 0 Å². The number of amides is 2. The standard InChI is InChI=1S/C28H40N4O5S/c1-17(2)26-19(4)9-10-24(34)30-11-5-7-18(3)13-21(33)14-20(29)15-25-31-22(16-38-25)27(35)32-12-6-8-23(32)28(36)37-26/h5,7,9-10,13,16-17,19-21,23,26,33H,6,8,11-12,14-15,29H2,1-4H3,(H,30,34)/b7-5+,10-9+,18-13+/t19-,20-,21-,23-,26-/m1/s1. The number of thiazole rings is 1. The van der Waals surface area contributed by atoms with E-state index in [1.165, 1.54) is 17.4 Å². The van der Waals surface area contributed by atoms with Crippen molar-refractivity contribution in [2.75, 3.05) is 13.1 Å². The molecule has 0 unspecified atom stereocenters. The molecule has 3 rings (SSSR count). The van der Waals surface area contributed by atoms with Gasteiger partial charge in [-0.05, 0) is 38.2 Å². The molecule has 9 nitrogen and oxygen atoms in total. The summed E-state index contributed by atoms with van der Waals surface area (Å²) in [4.78, 5) is 44.8. The number of rotatable bonds is 1. The third-order valence-corrected chi connectivity index (χ3v) is 7.62. The molecule has 10 heteroatoms. The zero-order valence-corrected chi connectivity index (χ0v) is 23.4. The average Bonchev–Trinajstić information content (AvgIpc) is 3.52. The van der Waals surface area contributed by atoms with Crippen LogP contribution in [-0.4, -0.2) is 70.2 Å². The van der Waals surface area contributed by atoms with E-state index < -0.39 is 24.2 Å². The van der Waals surface area contributed by atoms with Gasteiger partial charge in [0.2, 0.25) is 5.91 Å². The lowest BCUT2D eigenvalue weighted by Gasteiger charge is -2.29. The number of ether oxygens (including phenoxy) is 1. The lowest BCUT2D eigenvalue weighted by Crippen LogP contribution is -2.44. The number of carbonyl (C=O) groups is 3. The quantitative estimate of drug-likeness (QED) is 0.463. The lowest BCUT2D eigenvalue weighted by molar-refractivity contribution is -0.158. The Morgan fingerprint density at radius 1 is 1.26 bits per heavy atom. The van der Waals surface area contributed by atoms with Gasteiger partial charge in [0.1, 0.15) is 17.8 Å². The summed E-state index contributed by atoms with van der Waals surface area (Å²) in [5.74, 6) is -1.17. The van der Waals surface area contributed by atoms with Crippen molar-refractivity contribution in [3.8, 4) is 0 Å². The fraction of sp³-hybridized carbons (Fsp3) is 0.571. The van der Waals surface area contributed by atoms with Crippen LogP contribution in [0.1, 0.15) is 62.5 Å². The number of nitrogens with zero attached hydrogens (tertiary/aromatic N) is 2. The molecular weight excluding hydrogens is 504 g/mol. The van der Waals surface area contributed by atoms with Gasteiger partial charge in [-0.2, -0.15) is 0 Å². The van der Waals surface area contributed by atoms with E-state index >= 15 is 0 Å². The maximum Gasteiger partial charge on any atom is 0.329 e. The van der Waals surface area contributed by atoms with Crippen molar-refractivity contribution < 1.29 is 24.2 Å². The molecule has 2 bridgehead atoms. The number of nitrogens with two attached hydrogens (primary N) is 1. The Bertz CT molecular complexity index is 1080. The number of nitrogens with one attached hydrogen (secondary N) is 1. The predicted octanol–water partition coefficient (Wildman–Crippen LogP) is 2.76. The SMILES string of the molecule is CC1=C\[C@@H](O)C[C@@H](N)Cc2nc(cs2)C(=O)N2CCC[C@@H]2C(=O)O[C@H](C(C)C)[C@H](C)/C=C/C(=O)NC\C=C\1. The van der Waals surface area contributed by atoms with Crippen LogP contribution in [0, 0.1) is 11.8 Å². The molecule has 0 aromatic carbocycles. The smallest absolute Gasteiger partial charge is 0.329 e. The van der Waals surface area contributed by atoms with Crippen LogP contribution in [0.5, 0.6) is 0 Å². The number of hydrogen-bond acceptors (Lipinski definition) is 8. The van der Waals surface area contributed by atoms with E-state index in [2.05, 4.69) is 10.3 Å². The van der Waals surface area contributed by atoms with E-state index in [1.54, 1.807) is 22.4 Å². The van der Waals surface area contributed by atoms with E-state index in [0.717, 1.165) is 5.57 Å². The normalized spacial score (nSPS) is 31.7. The molecule has 2 amide bonds. The summed E-state index contributed by atoms with van der Waals surface area (Å²) in [7, 11) is 0. The summed E-state index contributed by atoms with van der Waals surface area (Å²) in [5.41, 5.74) is 7.40.